The minimum atomic E-state index is -0.430. The van der Waals surface area contributed by atoms with Gasteiger partial charge in [-0.25, -0.2) is 4.98 Å². The van der Waals surface area contributed by atoms with Crippen LogP contribution in [0, 0.1) is 10.1 Å². The molecule has 0 saturated carbocycles. The SMILES string of the molecule is C[C@@H](CO)Nc1nc(NCc2ccc([N+](=O)[O-])cc2)cc(-c2ccccn2)n1. The van der Waals surface area contributed by atoms with Crippen LogP contribution in [0.1, 0.15) is 12.5 Å². The third-order valence-corrected chi connectivity index (χ3v) is 3.92. The van der Waals surface area contributed by atoms with Gasteiger partial charge in [0, 0.05) is 37.0 Å². The number of nitrogens with one attached hydrogen (secondary N) is 2. The highest BCUT2D eigenvalue weighted by molar-refractivity contribution is 5.61. The van der Waals surface area contributed by atoms with Crippen molar-refractivity contribution in [3.8, 4) is 11.4 Å². The van der Waals surface area contributed by atoms with E-state index < -0.39 is 4.92 Å². The number of anilines is 2. The molecule has 0 radical (unpaired) electrons. The Kier molecular flexibility index (Phi) is 6.07. The summed E-state index contributed by atoms with van der Waals surface area (Å²) < 4.78 is 0. The molecule has 3 N–H and O–H groups in total. The van der Waals surface area contributed by atoms with Gasteiger partial charge in [-0.2, -0.15) is 4.98 Å². The molecule has 0 aliphatic rings. The quantitative estimate of drug-likeness (QED) is 0.402. The molecule has 9 heteroatoms. The number of aliphatic hydroxyl groups excluding tert-OH is 1. The van der Waals surface area contributed by atoms with Gasteiger partial charge in [-0.15, -0.1) is 0 Å². The average molecular weight is 380 g/mol. The number of benzene rings is 1. The molecule has 1 atom stereocenters. The van der Waals surface area contributed by atoms with Crippen LogP contribution in [0.3, 0.4) is 0 Å². The molecule has 9 nitrogen and oxygen atoms in total. The predicted octanol–water partition coefficient (Wildman–Crippen LogP) is 2.85. The molecule has 144 valence electrons. The van der Waals surface area contributed by atoms with Crippen molar-refractivity contribution in [1.29, 1.82) is 0 Å². The number of non-ortho nitro benzene ring substituents is 1. The van der Waals surface area contributed by atoms with E-state index in [2.05, 4.69) is 25.6 Å². The summed E-state index contributed by atoms with van der Waals surface area (Å²) in [6, 6.07) is 13.4. The first-order valence-corrected chi connectivity index (χ1v) is 8.70. The molecule has 0 unspecified atom stereocenters. The molecule has 0 saturated heterocycles. The maximum Gasteiger partial charge on any atom is 0.269 e. The number of aromatic nitrogens is 3. The molecule has 3 aromatic rings. The second-order valence-electron chi connectivity index (χ2n) is 6.18. The van der Waals surface area contributed by atoms with Gasteiger partial charge in [0.25, 0.3) is 5.69 Å². The number of aliphatic hydroxyl groups is 1. The predicted molar refractivity (Wildman–Crippen MR) is 106 cm³/mol. The Morgan fingerprint density at radius 1 is 1.14 bits per heavy atom. The molecule has 2 heterocycles. The Labute approximate surface area is 161 Å². The van der Waals surface area contributed by atoms with Crippen LogP contribution in [0.15, 0.2) is 54.7 Å². The van der Waals surface area contributed by atoms with E-state index in [-0.39, 0.29) is 18.3 Å². The van der Waals surface area contributed by atoms with E-state index in [1.165, 1.54) is 12.1 Å². The fourth-order valence-corrected chi connectivity index (χ4v) is 2.44. The van der Waals surface area contributed by atoms with Gasteiger partial charge in [-0.05, 0) is 24.6 Å². The largest absolute Gasteiger partial charge is 0.394 e. The van der Waals surface area contributed by atoms with Crippen molar-refractivity contribution < 1.29 is 10.0 Å². The molecular formula is C19H20N6O3. The van der Waals surface area contributed by atoms with E-state index in [9.17, 15) is 15.2 Å². The van der Waals surface area contributed by atoms with E-state index in [1.807, 2.05) is 25.1 Å². The third-order valence-electron chi connectivity index (χ3n) is 3.92. The topological polar surface area (TPSA) is 126 Å². The first-order chi connectivity index (χ1) is 13.5. The third kappa shape index (κ3) is 4.98. The van der Waals surface area contributed by atoms with E-state index in [0.717, 1.165) is 5.56 Å². The van der Waals surface area contributed by atoms with Gasteiger partial charge in [-0.1, -0.05) is 18.2 Å². The Bertz CT molecular complexity index is 934. The Balaban J connectivity index is 1.82. The zero-order valence-corrected chi connectivity index (χ0v) is 15.2. The standard InChI is InChI=1S/C19H20N6O3/c1-13(12-26)22-19-23-17(16-4-2-3-9-20-16)10-18(24-19)21-11-14-5-7-15(8-6-14)25(27)28/h2-10,13,26H,11-12H2,1H3,(H2,21,22,23,24)/t13-/m0/s1. The molecular weight excluding hydrogens is 360 g/mol. The first kappa shape index (κ1) is 19.2. The minimum absolute atomic E-state index is 0.0488. The summed E-state index contributed by atoms with van der Waals surface area (Å²) >= 11 is 0. The van der Waals surface area contributed by atoms with Crippen LogP contribution in [-0.4, -0.2) is 37.6 Å². The van der Waals surface area contributed by atoms with Gasteiger partial charge in [0.15, 0.2) is 0 Å². The van der Waals surface area contributed by atoms with Crippen molar-refractivity contribution in [2.45, 2.75) is 19.5 Å². The first-order valence-electron chi connectivity index (χ1n) is 8.70. The second-order valence-corrected chi connectivity index (χ2v) is 6.18. The highest BCUT2D eigenvalue weighted by atomic mass is 16.6. The molecule has 2 aromatic heterocycles. The molecule has 0 aliphatic carbocycles. The molecule has 0 bridgehead atoms. The van der Waals surface area contributed by atoms with Crippen LogP contribution in [0.5, 0.6) is 0 Å². The number of nitro groups is 1. The number of nitro benzene ring substituents is 1. The summed E-state index contributed by atoms with van der Waals surface area (Å²) in [6.45, 7) is 2.20. The van der Waals surface area contributed by atoms with Crippen molar-refractivity contribution >= 4 is 17.5 Å². The average Bonchev–Trinajstić information content (AvgIpc) is 2.73. The highest BCUT2D eigenvalue weighted by Gasteiger charge is 2.10. The maximum absolute atomic E-state index is 10.8. The molecule has 28 heavy (non-hydrogen) atoms. The fourth-order valence-electron chi connectivity index (χ4n) is 2.44. The monoisotopic (exact) mass is 380 g/mol. The van der Waals surface area contributed by atoms with E-state index in [1.54, 1.807) is 24.4 Å². The Morgan fingerprint density at radius 3 is 2.57 bits per heavy atom. The molecule has 0 spiro atoms. The number of rotatable bonds is 8. The highest BCUT2D eigenvalue weighted by Crippen LogP contribution is 2.21. The van der Waals surface area contributed by atoms with E-state index in [4.69, 9.17) is 0 Å². The summed E-state index contributed by atoms with van der Waals surface area (Å²) in [4.78, 5) is 23.5. The number of hydrogen-bond donors (Lipinski definition) is 3. The summed E-state index contributed by atoms with van der Waals surface area (Å²) in [7, 11) is 0. The molecule has 1 aromatic carbocycles. The number of pyridine rings is 1. The summed E-state index contributed by atoms with van der Waals surface area (Å²) in [5, 5.41) is 26.3. The maximum atomic E-state index is 10.8. The summed E-state index contributed by atoms with van der Waals surface area (Å²) in [6.07, 6.45) is 1.69. The smallest absolute Gasteiger partial charge is 0.269 e. The molecule has 0 aliphatic heterocycles. The Morgan fingerprint density at radius 2 is 1.93 bits per heavy atom. The van der Waals surface area contributed by atoms with Crippen molar-refractivity contribution in [2.75, 3.05) is 17.2 Å². The van der Waals surface area contributed by atoms with Crippen LogP contribution < -0.4 is 10.6 Å². The summed E-state index contributed by atoms with van der Waals surface area (Å²) in [5.74, 6) is 0.942. The van der Waals surface area contributed by atoms with Crippen LogP contribution in [0.2, 0.25) is 0 Å². The van der Waals surface area contributed by atoms with Crippen molar-refractivity contribution in [2.24, 2.45) is 0 Å². The number of nitrogens with zero attached hydrogens (tertiary/aromatic N) is 4. The zero-order chi connectivity index (χ0) is 19.9. The molecule has 3 rings (SSSR count). The van der Waals surface area contributed by atoms with Crippen LogP contribution in [0.25, 0.3) is 11.4 Å². The normalized spacial score (nSPS) is 11.6. The fraction of sp³-hybridized carbons (Fsp3) is 0.211. The van der Waals surface area contributed by atoms with Gasteiger partial charge < -0.3 is 15.7 Å². The lowest BCUT2D eigenvalue weighted by molar-refractivity contribution is -0.384. The van der Waals surface area contributed by atoms with Crippen LogP contribution in [0.4, 0.5) is 17.5 Å². The Hall–Kier alpha value is -3.59. The van der Waals surface area contributed by atoms with Gasteiger partial charge in [0.1, 0.15) is 5.82 Å². The van der Waals surface area contributed by atoms with Gasteiger partial charge in [0.05, 0.1) is 22.9 Å². The van der Waals surface area contributed by atoms with Gasteiger partial charge >= 0.3 is 0 Å². The van der Waals surface area contributed by atoms with E-state index >= 15 is 0 Å². The van der Waals surface area contributed by atoms with Crippen molar-refractivity contribution in [3.63, 3.8) is 0 Å². The summed E-state index contributed by atoms with van der Waals surface area (Å²) in [5.41, 5.74) is 2.26. The van der Waals surface area contributed by atoms with Crippen LogP contribution in [-0.2, 0) is 6.54 Å². The lowest BCUT2D eigenvalue weighted by atomic mass is 10.2. The minimum Gasteiger partial charge on any atom is -0.394 e. The van der Waals surface area contributed by atoms with Crippen molar-refractivity contribution in [3.05, 3.63) is 70.4 Å². The van der Waals surface area contributed by atoms with E-state index in [0.29, 0.717) is 29.7 Å². The van der Waals surface area contributed by atoms with Crippen LogP contribution >= 0.6 is 0 Å². The lowest BCUT2D eigenvalue weighted by Gasteiger charge is -2.14. The molecule has 0 fully saturated rings. The lowest BCUT2D eigenvalue weighted by Crippen LogP contribution is -2.21. The zero-order valence-electron chi connectivity index (χ0n) is 15.2. The molecule has 0 amide bonds. The van der Waals surface area contributed by atoms with Gasteiger partial charge in [-0.3, -0.25) is 15.1 Å². The second kappa shape index (κ2) is 8.87. The van der Waals surface area contributed by atoms with Gasteiger partial charge in [0.2, 0.25) is 5.95 Å². The van der Waals surface area contributed by atoms with Crippen molar-refractivity contribution in [1.82, 2.24) is 15.0 Å². The number of hydrogen-bond acceptors (Lipinski definition) is 8.